The van der Waals surface area contributed by atoms with Crippen molar-refractivity contribution in [2.75, 3.05) is 20.1 Å². The van der Waals surface area contributed by atoms with Gasteiger partial charge in [0.1, 0.15) is 0 Å². The fourth-order valence-corrected chi connectivity index (χ4v) is 2.79. The lowest BCUT2D eigenvalue weighted by Gasteiger charge is -2.17. The van der Waals surface area contributed by atoms with Crippen LogP contribution in [0.2, 0.25) is 0 Å². The molecule has 0 aliphatic carbocycles. The minimum absolute atomic E-state index is 0.120. The highest BCUT2D eigenvalue weighted by Crippen LogP contribution is 2.20. The minimum Gasteiger partial charge on any atom is -0.359 e. The number of likely N-dealkylation sites (tertiary alicyclic amines) is 1. The summed E-state index contributed by atoms with van der Waals surface area (Å²) in [6.07, 6.45) is 0. The smallest absolute Gasteiger partial charge is 0.253 e. The van der Waals surface area contributed by atoms with Gasteiger partial charge in [-0.05, 0) is 19.1 Å². The van der Waals surface area contributed by atoms with Crippen molar-refractivity contribution in [3.63, 3.8) is 0 Å². The molecular weight excluding hydrogens is 282 g/mol. The first-order chi connectivity index (χ1) is 10.4. The Balaban J connectivity index is 2.17. The number of benzene rings is 1. The maximum atomic E-state index is 12.6. The van der Waals surface area contributed by atoms with E-state index in [0.717, 1.165) is 5.56 Å². The molecule has 118 valence electrons. The molecule has 3 amide bonds. The summed E-state index contributed by atoms with van der Waals surface area (Å²) in [5.41, 5.74) is 1.60. The van der Waals surface area contributed by atoms with Crippen LogP contribution in [0, 0.1) is 12.8 Å². The topological polar surface area (TPSA) is 78.5 Å². The molecule has 1 heterocycles. The monoisotopic (exact) mass is 303 g/mol. The first-order valence-corrected chi connectivity index (χ1v) is 7.27. The Kier molecular flexibility index (Phi) is 4.80. The van der Waals surface area contributed by atoms with Gasteiger partial charge in [0.25, 0.3) is 5.91 Å². The molecule has 2 atom stereocenters. The van der Waals surface area contributed by atoms with Gasteiger partial charge in [-0.2, -0.15) is 0 Å². The van der Waals surface area contributed by atoms with Crippen LogP contribution in [0.1, 0.15) is 22.8 Å². The van der Waals surface area contributed by atoms with Gasteiger partial charge in [-0.3, -0.25) is 14.4 Å². The molecule has 1 aromatic rings. The molecule has 1 aliphatic rings. The molecule has 2 rings (SSSR count). The average molecular weight is 303 g/mol. The molecule has 0 bridgehead atoms. The van der Waals surface area contributed by atoms with Crippen LogP contribution >= 0.6 is 0 Å². The fourth-order valence-electron chi connectivity index (χ4n) is 2.79. The first-order valence-electron chi connectivity index (χ1n) is 7.27. The molecule has 0 radical (unpaired) electrons. The summed E-state index contributed by atoms with van der Waals surface area (Å²) >= 11 is 0. The predicted molar refractivity (Wildman–Crippen MR) is 82.2 cm³/mol. The number of amides is 3. The number of hydrogen-bond acceptors (Lipinski definition) is 3. The van der Waals surface area contributed by atoms with Gasteiger partial charge in [0, 0.05) is 32.6 Å². The van der Waals surface area contributed by atoms with Crippen molar-refractivity contribution >= 4 is 17.7 Å². The summed E-state index contributed by atoms with van der Waals surface area (Å²) in [6, 6.07) is 6.99. The summed E-state index contributed by atoms with van der Waals surface area (Å²) in [7, 11) is 1.55. The maximum Gasteiger partial charge on any atom is 0.253 e. The van der Waals surface area contributed by atoms with Crippen LogP contribution in [0.5, 0.6) is 0 Å². The van der Waals surface area contributed by atoms with E-state index in [2.05, 4.69) is 10.6 Å². The van der Waals surface area contributed by atoms with Gasteiger partial charge in [0.15, 0.2) is 0 Å². The van der Waals surface area contributed by atoms with Gasteiger partial charge in [-0.25, -0.2) is 0 Å². The van der Waals surface area contributed by atoms with E-state index in [1.165, 1.54) is 6.92 Å². The Morgan fingerprint density at radius 2 is 1.95 bits per heavy atom. The largest absolute Gasteiger partial charge is 0.359 e. The molecule has 0 spiro atoms. The second-order valence-corrected chi connectivity index (χ2v) is 5.61. The molecule has 1 fully saturated rings. The Hall–Kier alpha value is -2.37. The third-order valence-electron chi connectivity index (χ3n) is 3.84. The van der Waals surface area contributed by atoms with Crippen molar-refractivity contribution in [3.05, 3.63) is 35.4 Å². The van der Waals surface area contributed by atoms with Gasteiger partial charge >= 0.3 is 0 Å². The van der Waals surface area contributed by atoms with Crippen LogP contribution < -0.4 is 10.6 Å². The Labute approximate surface area is 129 Å². The molecule has 6 heteroatoms. The van der Waals surface area contributed by atoms with E-state index in [4.69, 9.17) is 0 Å². The first kappa shape index (κ1) is 16.0. The number of carbonyl (C=O) groups excluding carboxylic acids is 3. The Bertz CT molecular complexity index is 600. The lowest BCUT2D eigenvalue weighted by atomic mass is 10.0. The number of nitrogens with one attached hydrogen (secondary N) is 2. The van der Waals surface area contributed by atoms with Crippen LogP contribution in [0.4, 0.5) is 0 Å². The normalized spacial score (nSPS) is 20.6. The number of carbonyl (C=O) groups is 3. The summed E-state index contributed by atoms with van der Waals surface area (Å²) < 4.78 is 0. The average Bonchev–Trinajstić information content (AvgIpc) is 2.88. The second kappa shape index (κ2) is 6.60. The Morgan fingerprint density at radius 3 is 2.55 bits per heavy atom. The molecular formula is C16H21N3O3. The highest BCUT2D eigenvalue weighted by molar-refractivity contribution is 5.95. The van der Waals surface area contributed by atoms with E-state index in [1.807, 2.05) is 25.1 Å². The third kappa shape index (κ3) is 3.44. The number of hydrogen-bond donors (Lipinski definition) is 2. The zero-order valence-electron chi connectivity index (χ0n) is 13.1. The molecule has 1 aromatic carbocycles. The van der Waals surface area contributed by atoms with E-state index in [-0.39, 0.29) is 23.8 Å². The van der Waals surface area contributed by atoms with Crippen LogP contribution in [0.15, 0.2) is 24.3 Å². The van der Waals surface area contributed by atoms with Crippen molar-refractivity contribution in [1.82, 2.24) is 15.5 Å². The highest BCUT2D eigenvalue weighted by Gasteiger charge is 2.39. The minimum atomic E-state index is -0.428. The van der Waals surface area contributed by atoms with Crippen molar-refractivity contribution in [2.24, 2.45) is 5.92 Å². The van der Waals surface area contributed by atoms with Crippen molar-refractivity contribution in [1.29, 1.82) is 0 Å². The zero-order chi connectivity index (χ0) is 16.3. The van der Waals surface area contributed by atoms with Crippen molar-refractivity contribution < 1.29 is 14.4 Å². The molecule has 1 aliphatic heterocycles. The van der Waals surface area contributed by atoms with Gasteiger partial charge in [0.05, 0.1) is 12.0 Å². The molecule has 0 aromatic heterocycles. The van der Waals surface area contributed by atoms with Crippen LogP contribution in [-0.4, -0.2) is 48.8 Å². The summed E-state index contributed by atoms with van der Waals surface area (Å²) in [5.74, 6) is -0.921. The Morgan fingerprint density at radius 1 is 1.23 bits per heavy atom. The lowest BCUT2D eigenvalue weighted by Crippen LogP contribution is -2.44. The summed E-state index contributed by atoms with van der Waals surface area (Å²) in [5, 5.41) is 5.35. The summed E-state index contributed by atoms with van der Waals surface area (Å²) in [4.78, 5) is 37.5. The molecule has 0 unspecified atom stereocenters. The number of nitrogens with zero attached hydrogens (tertiary/aromatic N) is 1. The van der Waals surface area contributed by atoms with Crippen LogP contribution in [0.3, 0.4) is 0 Å². The second-order valence-electron chi connectivity index (χ2n) is 5.61. The fraction of sp³-hybridized carbons (Fsp3) is 0.438. The van der Waals surface area contributed by atoms with Crippen LogP contribution in [0.25, 0.3) is 0 Å². The number of rotatable bonds is 3. The SMILES string of the molecule is CNC(=O)[C@H]1CN(C(=O)c2cccc(C)c2)C[C@@H]1NC(C)=O. The quantitative estimate of drug-likeness (QED) is 0.844. The molecule has 1 saturated heterocycles. The molecule has 22 heavy (non-hydrogen) atoms. The third-order valence-corrected chi connectivity index (χ3v) is 3.84. The maximum absolute atomic E-state index is 12.6. The molecule has 6 nitrogen and oxygen atoms in total. The van der Waals surface area contributed by atoms with Gasteiger partial charge in [0.2, 0.25) is 11.8 Å². The molecule has 0 saturated carbocycles. The highest BCUT2D eigenvalue weighted by atomic mass is 16.2. The van der Waals surface area contributed by atoms with E-state index in [9.17, 15) is 14.4 Å². The molecule has 2 N–H and O–H groups in total. The zero-order valence-corrected chi connectivity index (χ0v) is 13.1. The van der Waals surface area contributed by atoms with E-state index in [0.29, 0.717) is 18.7 Å². The standard InChI is InChI=1S/C16H21N3O3/c1-10-5-4-6-12(7-10)16(22)19-8-13(15(21)17-3)14(9-19)18-11(2)20/h4-7,13-14H,8-9H2,1-3H3,(H,17,21)(H,18,20)/t13-,14-/m0/s1. The summed E-state index contributed by atoms with van der Waals surface area (Å²) in [6.45, 7) is 3.97. The van der Waals surface area contributed by atoms with Crippen molar-refractivity contribution in [2.45, 2.75) is 19.9 Å². The number of aryl methyl sites for hydroxylation is 1. The van der Waals surface area contributed by atoms with E-state index < -0.39 is 5.92 Å². The van der Waals surface area contributed by atoms with Crippen molar-refractivity contribution in [3.8, 4) is 0 Å². The predicted octanol–water partition coefficient (Wildman–Crippen LogP) is 0.318. The van der Waals surface area contributed by atoms with Gasteiger partial charge in [-0.1, -0.05) is 17.7 Å². The van der Waals surface area contributed by atoms with Crippen LogP contribution in [-0.2, 0) is 9.59 Å². The van der Waals surface area contributed by atoms with E-state index >= 15 is 0 Å². The lowest BCUT2D eigenvalue weighted by molar-refractivity contribution is -0.125. The van der Waals surface area contributed by atoms with Gasteiger partial charge < -0.3 is 15.5 Å². The van der Waals surface area contributed by atoms with E-state index in [1.54, 1.807) is 18.0 Å². The van der Waals surface area contributed by atoms with Gasteiger partial charge in [-0.15, -0.1) is 0 Å².